The maximum Gasteiger partial charge on any atom is 0.306 e. The van der Waals surface area contributed by atoms with Crippen LogP contribution in [0.4, 0.5) is 0 Å². The first-order chi connectivity index (χ1) is 33.0. The van der Waals surface area contributed by atoms with Crippen LogP contribution in [0.2, 0.25) is 0 Å². The zero-order chi connectivity index (χ0) is 48.6. The summed E-state index contributed by atoms with van der Waals surface area (Å²) in [7, 11) is 0. The van der Waals surface area contributed by atoms with Crippen LogP contribution in [0.25, 0.3) is 0 Å². The standard InChI is InChI=1S/C61H96O6/c1-4-7-10-13-16-19-22-25-28-30-33-36-39-42-45-48-51-54-60(63)66-57-58(56-65-59(62)53-50-47-44-41-38-35-32-27-24-21-18-15-12-9-6-3)67-61(64)55-52-49-46-43-40-37-34-31-29-26-23-20-17-14-11-8-5-2/h9,12,16-21,25-29,32-34,36-38,41-42,45,58H,4-8,10-11,13-15,22-24,30-31,35,39-40,43-44,46-57H2,1-3H3/b12-9-,19-16-,20-17-,21-18-,28-25-,29-26-,32-27-,36-33-,37-34-,41-38-,45-42-/t58-/m1/s1. The van der Waals surface area contributed by atoms with Gasteiger partial charge in [-0.05, 0) is 135 Å². The zero-order valence-corrected chi connectivity index (χ0v) is 42.9. The summed E-state index contributed by atoms with van der Waals surface area (Å²) < 4.78 is 16.7. The van der Waals surface area contributed by atoms with Crippen molar-refractivity contribution in [3.63, 3.8) is 0 Å². The van der Waals surface area contributed by atoms with Crippen molar-refractivity contribution in [2.45, 2.75) is 219 Å². The molecule has 0 aliphatic carbocycles. The fourth-order valence-corrected chi connectivity index (χ4v) is 6.61. The number of carbonyl (C=O) groups is 3. The average molecular weight is 925 g/mol. The molecule has 0 N–H and O–H groups in total. The number of esters is 3. The van der Waals surface area contributed by atoms with Crippen LogP contribution >= 0.6 is 0 Å². The van der Waals surface area contributed by atoms with Gasteiger partial charge in [0.05, 0.1) is 0 Å². The van der Waals surface area contributed by atoms with Gasteiger partial charge in [0.15, 0.2) is 6.10 Å². The third-order valence-electron chi connectivity index (χ3n) is 10.6. The maximum absolute atomic E-state index is 12.8. The van der Waals surface area contributed by atoms with Crippen LogP contribution in [0.3, 0.4) is 0 Å². The maximum atomic E-state index is 12.8. The summed E-state index contributed by atoms with van der Waals surface area (Å²) in [6.45, 7) is 6.34. The quantitative estimate of drug-likeness (QED) is 0.0262. The number of ether oxygens (including phenoxy) is 3. The molecule has 0 aliphatic rings. The Kier molecular flexibility index (Phi) is 50.6. The minimum Gasteiger partial charge on any atom is -0.462 e. The van der Waals surface area contributed by atoms with E-state index in [0.29, 0.717) is 12.8 Å². The second-order valence-electron chi connectivity index (χ2n) is 17.0. The molecule has 0 amide bonds. The molecular formula is C61H96O6. The fraction of sp³-hybridized carbons (Fsp3) is 0.590. The number of carbonyl (C=O) groups excluding carboxylic acids is 3. The number of allylic oxidation sites excluding steroid dienone is 22. The number of rotatable bonds is 46. The normalized spacial score (nSPS) is 13.2. The molecule has 376 valence electrons. The van der Waals surface area contributed by atoms with Gasteiger partial charge in [0.2, 0.25) is 0 Å². The van der Waals surface area contributed by atoms with Gasteiger partial charge in [-0.15, -0.1) is 0 Å². The summed E-state index contributed by atoms with van der Waals surface area (Å²) in [6.07, 6.45) is 75.8. The first-order valence-corrected chi connectivity index (χ1v) is 26.7. The van der Waals surface area contributed by atoms with E-state index in [4.69, 9.17) is 14.2 Å². The minimum absolute atomic E-state index is 0.131. The van der Waals surface area contributed by atoms with Crippen LogP contribution in [0.5, 0.6) is 0 Å². The monoisotopic (exact) mass is 925 g/mol. The van der Waals surface area contributed by atoms with Crippen molar-refractivity contribution < 1.29 is 28.6 Å². The smallest absolute Gasteiger partial charge is 0.306 e. The molecule has 0 rings (SSSR count). The molecule has 0 spiro atoms. The van der Waals surface area contributed by atoms with Crippen LogP contribution in [-0.2, 0) is 28.6 Å². The second-order valence-corrected chi connectivity index (χ2v) is 17.0. The predicted octanol–water partition coefficient (Wildman–Crippen LogP) is 17.9. The Morgan fingerprint density at radius 1 is 0.313 bits per heavy atom. The highest BCUT2D eigenvalue weighted by atomic mass is 16.6. The molecule has 0 aromatic rings. The van der Waals surface area contributed by atoms with Crippen molar-refractivity contribution in [3.05, 3.63) is 134 Å². The lowest BCUT2D eigenvalue weighted by Crippen LogP contribution is -2.30. The Balaban J connectivity index is 4.61. The van der Waals surface area contributed by atoms with Crippen LogP contribution in [0.15, 0.2) is 134 Å². The molecular weight excluding hydrogens is 829 g/mol. The molecule has 0 unspecified atom stereocenters. The third kappa shape index (κ3) is 52.4. The van der Waals surface area contributed by atoms with Gasteiger partial charge < -0.3 is 14.2 Å². The lowest BCUT2D eigenvalue weighted by Gasteiger charge is -2.18. The summed E-state index contributed by atoms with van der Waals surface area (Å²) in [5, 5.41) is 0. The topological polar surface area (TPSA) is 78.9 Å². The molecule has 0 aromatic carbocycles. The van der Waals surface area contributed by atoms with E-state index in [2.05, 4.69) is 154 Å². The second kappa shape index (κ2) is 54.2. The van der Waals surface area contributed by atoms with Crippen molar-refractivity contribution >= 4 is 17.9 Å². The Hall–Kier alpha value is -4.45. The molecule has 67 heavy (non-hydrogen) atoms. The Bertz CT molecular complexity index is 1480. The Morgan fingerprint density at radius 2 is 0.597 bits per heavy atom. The largest absolute Gasteiger partial charge is 0.462 e. The summed E-state index contributed by atoms with van der Waals surface area (Å²) in [5.74, 6) is -1.06. The summed E-state index contributed by atoms with van der Waals surface area (Å²) >= 11 is 0. The van der Waals surface area contributed by atoms with Gasteiger partial charge in [-0.3, -0.25) is 14.4 Å². The number of hydrogen-bond acceptors (Lipinski definition) is 6. The summed E-state index contributed by atoms with van der Waals surface area (Å²) in [5.41, 5.74) is 0. The van der Waals surface area contributed by atoms with E-state index in [0.717, 1.165) is 109 Å². The molecule has 0 bridgehead atoms. The van der Waals surface area contributed by atoms with Crippen molar-refractivity contribution in [3.8, 4) is 0 Å². The van der Waals surface area contributed by atoms with Gasteiger partial charge in [-0.25, -0.2) is 0 Å². The van der Waals surface area contributed by atoms with Gasteiger partial charge in [-0.1, -0.05) is 193 Å². The fourth-order valence-electron chi connectivity index (χ4n) is 6.61. The molecule has 0 aliphatic heterocycles. The molecule has 6 nitrogen and oxygen atoms in total. The summed E-state index contributed by atoms with van der Waals surface area (Å²) in [4.78, 5) is 38.0. The van der Waals surface area contributed by atoms with Crippen molar-refractivity contribution in [1.29, 1.82) is 0 Å². The zero-order valence-electron chi connectivity index (χ0n) is 42.9. The Labute approximate surface area is 411 Å². The molecule has 0 aromatic heterocycles. The first-order valence-electron chi connectivity index (χ1n) is 26.7. The lowest BCUT2D eigenvalue weighted by molar-refractivity contribution is -0.167. The van der Waals surface area contributed by atoms with Crippen LogP contribution in [0, 0.1) is 0 Å². The predicted molar refractivity (Wildman–Crippen MR) is 288 cm³/mol. The molecule has 0 saturated carbocycles. The molecule has 0 fully saturated rings. The number of hydrogen-bond donors (Lipinski definition) is 0. The lowest BCUT2D eigenvalue weighted by atomic mass is 10.1. The van der Waals surface area contributed by atoms with Gasteiger partial charge >= 0.3 is 17.9 Å². The molecule has 1 atom stereocenters. The molecule has 0 saturated heterocycles. The molecule has 6 heteroatoms. The van der Waals surface area contributed by atoms with E-state index in [9.17, 15) is 14.4 Å². The highest BCUT2D eigenvalue weighted by molar-refractivity contribution is 5.71. The van der Waals surface area contributed by atoms with Gasteiger partial charge in [0.1, 0.15) is 13.2 Å². The van der Waals surface area contributed by atoms with E-state index in [1.165, 1.54) is 51.4 Å². The van der Waals surface area contributed by atoms with E-state index in [-0.39, 0.29) is 50.4 Å². The van der Waals surface area contributed by atoms with E-state index < -0.39 is 6.10 Å². The highest BCUT2D eigenvalue weighted by Gasteiger charge is 2.19. The van der Waals surface area contributed by atoms with Crippen LogP contribution in [-0.4, -0.2) is 37.2 Å². The van der Waals surface area contributed by atoms with Crippen molar-refractivity contribution in [2.75, 3.05) is 13.2 Å². The number of unbranched alkanes of at least 4 members (excludes halogenated alkanes) is 13. The van der Waals surface area contributed by atoms with Crippen LogP contribution < -0.4 is 0 Å². The van der Waals surface area contributed by atoms with Crippen LogP contribution in [0.1, 0.15) is 213 Å². The highest BCUT2D eigenvalue weighted by Crippen LogP contribution is 2.11. The van der Waals surface area contributed by atoms with Crippen molar-refractivity contribution in [2.24, 2.45) is 0 Å². The van der Waals surface area contributed by atoms with Gasteiger partial charge in [0.25, 0.3) is 0 Å². The van der Waals surface area contributed by atoms with E-state index >= 15 is 0 Å². The average Bonchev–Trinajstić information content (AvgIpc) is 3.33. The minimum atomic E-state index is -0.834. The van der Waals surface area contributed by atoms with Crippen molar-refractivity contribution in [1.82, 2.24) is 0 Å². The SMILES string of the molecule is CC/C=C\C/C=C\C/C=C\C/C=C\CCCCC(=O)OC[C@H](COC(=O)CCC/C=C\C/C=C\C/C=C\C/C=C\CCCCC)OC(=O)CCCCCC/C=C\C/C=C\C/C=C\CCCCC. The van der Waals surface area contributed by atoms with Gasteiger partial charge in [-0.2, -0.15) is 0 Å². The van der Waals surface area contributed by atoms with E-state index in [1.54, 1.807) is 0 Å². The molecule has 0 heterocycles. The first kappa shape index (κ1) is 62.5. The summed E-state index contributed by atoms with van der Waals surface area (Å²) in [6, 6.07) is 0. The van der Waals surface area contributed by atoms with E-state index in [1.807, 2.05) is 0 Å². The third-order valence-corrected chi connectivity index (χ3v) is 10.6. The van der Waals surface area contributed by atoms with Gasteiger partial charge in [0, 0.05) is 19.3 Å². The molecule has 0 radical (unpaired) electrons. The Morgan fingerprint density at radius 3 is 0.985 bits per heavy atom.